The molecule has 0 heterocycles. The second kappa shape index (κ2) is 6.99. The molecular formula is C21H27NO. The second-order valence-corrected chi connectivity index (χ2v) is 7.21. The predicted molar refractivity (Wildman–Crippen MR) is 98.2 cm³/mol. The van der Waals surface area contributed by atoms with Crippen molar-refractivity contribution in [2.24, 2.45) is 0 Å². The zero-order chi connectivity index (χ0) is 17.0. The monoisotopic (exact) mass is 309 g/mol. The highest BCUT2D eigenvalue weighted by Gasteiger charge is 2.14. The minimum atomic E-state index is -0.0678. The normalized spacial score (nSPS) is 12.7. The largest absolute Gasteiger partial charge is 0.322 e. The van der Waals surface area contributed by atoms with Gasteiger partial charge in [-0.2, -0.15) is 0 Å². The average molecular weight is 309 g/mol. The standard InChI is InChI=1S/C21H27NO/c1-6-15(2)16-9-13-19(14-10-16)22-20(23)17-7-11-18(12-8-17)21(3,4)5/h7-15H,6H2,1-5H3,(H,22,23)/t15-/m0/s1. The zero-order valence-corrected chi connectivity index (χ0v) is 14.8. The smallest absolute Gasteiger partial charge is 0.255 e. The summed E-state index contributed by atoms with van der Waals surface area (Å²) in [6.07, 6.45) is 1.12. The summed E-state index contributed by atoms with van der Waals surface area (Å²) in [6, 6.07) is 16.0. The van der Waals surface area contributed by atoms with Crippen molar-refractivity contribution < 1.29 is 4.79 Å². The van der Waals surface area contributed by atoms with Crippen LogP contribution in [-0.4, -0.2) is 5.91 Å². The summed E-state index contributed by atoms with van der Waals surface area (Å²) in [6.45, 7) is 10.9. The van der Waals surface area contributed by atoms with Crippen LogP contribution in [0, 0.1) is 0 Å². The van der Waals surface area contributed by atoms with Crippen molar-refractivity contribution in [3.8, 4) is 0 Å². The molecule has 0 saturated heterocycles. The van der Waals surface area contributed by atoms with Crippen LogP contribution in [0.5, 0.6) is 0 Å². The first kappa shape index (κ1) is 17.3. The van der Waals surface area contributed by atoms with E-state index in [1.54, 1.807) is 0 Å². The Bertz CT molecular complexity index is 648. The van der Waals surface area contributed by atoms with Gasteiger partial charge in [0.15, 0.2) is 0 Å². The van der Waals surface area contributed by atoms with Crippen LogP contribution in [0.1, 0.15) is 68.4 Å². The summed E-state index contributed by atoms with van der Waals surface area (Å²) < 4.78 is 0. The maximum atomic E-state index is 12.3. The van der Waals surface area contributed by atoms with E-state index in [2.05, 4.69) is 52.1 Å². The number of carbonyl (C=O) groups excluding carboxylic acids is 1. The van der Waals surface area contributed by atoms with Crippen molar-refractivity contribution in [3.63, 3.8) is 0 Å². The number of rotatable bonds is 4. The van der Waals surface area contributed by atoms with Crippen molar-refractivity contribution >= 4 is 11.6 Å². The van der Waals surface area contributed by atoms with Crippen LogP contribution in [0.25, 0.3) is 0 Å². The molecule has 0 bridgehead atoms. The molecule has 2 heteroatoms. The summed E-state index contributed by atoms with van der Waals surface area (Å²) in [7, 11) is 0. The highest BCUT2D eigenvalue weighted by molar-refractivity contribution is 6.04. The number of hydrogen-bond donors (Lipinski definition) is 1. The fraction of sp³-hybridized carbons (Fsp3) is 0.381. The second-order valence-electron chi connectivity index (χ2n) is 7.21. The van der Waals surface area contributed by atoms with E-state index in [0.717, 1.165) is 12.1 Å². The van der Waals surface area contributed by atoms with E-state index < -0.39 is 0 Å². The Balaban J connectivity index is 2.07. The van der Waals surface area contributed by atoms with Crippen LogP contribution < -0.4 is 5.32 Å². The molecule has 0 radical (unpaired) electrons. The highest BCUT2D eigenvalue weighted by Crippen LogP contribution is 2.23. The van der Waals surface area contributed by atoms with Gasteiger partial charge in [0.1, 0.15) is 0 Å². The molecule has 1 atom stereocenters. The van der Waals surface area contributed by atoms with Gasteiger partial charge in [-0.05, 0) is 53.1 Å². The average Bonchev–Trinajstić information content (AvgIpc) is 2.54. The molecule has 0 aromatic heterocycles. The number of carbonyl (C=O) groups is 1. The van der Waals surface area contributed by atoms with E-state index in [1.807, 2.05) is 36.4 Å². The summed E-state index contributed by atoms with van der Waals surface area (Å²) >= 11 is 0. The lowest BCUT2D eigenvalue weighted by molar-refractivity contribution is 0.102. The van der Waals surface area contributed by atoms with Crippen molar-refractivity contribution in [1.82, 2.24) is 0 Å². The lowest BCUT2D eigenvalue weighted by atomic mass is 9.87. The van der Waals surface area contributed by atoms with E-state index in [4.69, 9.17) is 0 Å². The molecule has 2 aromatic carbocycles. The number of benzene rings is 2. The quantitative estimate of drug-likeness (QED) is 0.765. The van der Waals surface area contributed by atoms with Crippen LogP contribution in [0.15, 0.2) is 48.5 Å². The third-order valence-corrected chi connectivity index (χ3v) is 4.36. The van der Waals surface area contributed by atoms with Gasteiger partial charge < -0.3 is 5.32 Å². The Morgan fingerprint density at radius 2 is 1.57 bits per heavy atom. The molecule has 0 saturated carbocycles. The predicted octanol–water partition coefficient (Wildman–Crippen LogP) is 5.75. The first-order valence-electron chi connectivity index (χ1n) is 8.33. The highest BCUT2D eigenvalue weighted by atomic mass is 16.1. The Morgan fingerprint density at radius 1 is 1.00 bits per heavy atom. The van der Waals surface area contributed by atoms with Gasteiger partial charge in [0.25, 0.3) is 5.91 Å². The van der Waals surface area contributed by atoms with Gasteiger partial charge in [-0.25, -0.2) is 0 Å². The molecule has 23 heavy (non-hydrogen) atoms. The van der Waals surface area contributed by atoms with Gasteiger partial charge in [0.2, 0.25) is 0 Å². The molecule has 1 N–H and O–H groups in total. The van der Waals surface area contributed by atoms with Gasteiger partial charge in [-0.3, -0.25) is 4.79 Å². The van der Waals surface area contributed by atoms with E-state index in [0.29, 0.717) is 11.5 Å². The van der Waals surface area contributed by atoms with Crippen LogP contribution in [0.3, 0.4) is 0 Å². The third-order valence-electron chi connectivity index (χ3n) is 4.36. The van der Waals surface area contributed by atoms with Gasteiger partial charge in [0.05, 0.1) is 0 Å². The Kier molecular flexibility index (Phi) is 5.25. The van der Waals surface area contributed by atoms with Crippen molar-refractivity contribution in [2.45, 2.75) is 52.4 Å². The van der Waals surface area contributed by atoms with E-state index in [1.165, 1.54) is 11.1 Å². The molecule has 0 spiro atoms. The van der Waals surface area contributed by atoms with Gasteiger partial charge in [0, 0.05) is 11.3 Å². The number of hydrogen-bond acceptors (Lipinski definition) is 1. The summed E-state index contributed by atoms with van der Waals surface area (Å²) in [5, 5.41) is 2.96. The number of anilines is 1. The fourth-order valence-electron chi connectivity index (χ4n) is 2.46. The van der Waals surface area contributed by atoms with E-state index >= 15 is 0 Å². The van der Waals surface area contributed by atoms with Crippen molar-refractivity contribution in [3.05, 3.63) is 65.2 Å². The van der Waals surface area contributed by atoms with Crippen LogP contribution in [0.4, 0.5) is 5.69 Å². The van der Waals surface area contributed by atoms with Crippen molar-refractivity contribution in [1.29, 1.82) is 0 Å². The Hall–Kier alpha value is -2.09. The molecule has 0 aliphatic rings. The van der Waals surface area contributed by atoms with Crippen LogP contribution in [-0.2, 0) is 5.41 Å². The summed E-state index contributed by atoms with van der Waals surface area (Å²) in [5.74, 6) is 0.478. The van der Waals surface area contributed by atoms with Crippen LogP contribution >= 0.6 is 0 Å². The molecule has 0 aliphatic heterocycles. The first-order chi connectivity index (χ1) is 10.8. The molecule has 2 rings (SSSR count). The zero-order valence-electron chi connectivity index (χ0n) is 14.8. The topological polar surface area (TPSA) is 29.1 Å². The van der Waals surface area contributed by atoms with Gasteiger partial charge >= 0.3 is 0 Å². The van der Waals surface area contributed by atoms with Crippen molar-refractivity contribution in [2.75, 3.05) is 5.32 Å². The number of nitrogens with one attached hydrogen (secondary N) is 1. The van der Waals surface area contributed by atoms with E-state index in [9.17, 15) is 4.79 Å². The SMILES string of the molecule is CC[C@H](C)c1ccc(NC(=O)c2ccc(C(C)(C)C)cc2)cc1. The molecule has 1 amide bonds. The van der Waals surface area contributed by atoms with Gasteiger partial charge in [-0.1, -0.05) is 58.9 Å². The lowest BCUT2D eigenvalue weighted by Gasteiger charge is -2.19. The third kappa shape index (κ3) is 4.44. The minimum Gasteiger partial charge on any atom is -0.322 e. The maximum absolute atomic E-state index is 12.3. The minimum absolute atomic E-state index is 0.0678. The van der Waals surface area contributed by atoms with Crippen LogP contribution in [0.2, 0.25) is 0 Å². The summed E-state index contributed by atoms with van der Waals surface area (Å²) in [5.41, 5.74) is 4.15. The Labute approximate surface area is 139 Å². The molecule has 0 unspecified atom stereocenters. The molecule has 0 aliphatic carbocycles. The molecular weight excluding hydrogens is 282 g/mol. The molecule has 122 valence electrons. The summed E-state index contributed by atoms with van der Waals surface area (Å²) in [4.78, 5) is 12.3. The lowest BCUT2D eigenvalue weighted by Crippen LogP contribution is -2.14. The molecule has 2 nitrogen and oxygen atoms in total. The Morgan fingerprint density at radius 3 is 2.04 bits per heavy atom. The van der Waals surface area contributed by atoms with E-state index in [-0.39, 0.29) is 11.3 Å². The molecule has 2 aromatic rings. The first-order valence-corrected chi connectivity index (χ1v) is 8.33. The fourth-order valence-corrected chi connectivity index (χ4v) is 2.46. The maximum Gasteiger partial charge on any atom is 0.255 e. The number of amides is 1. The molecule has 0 fully saturated rings. The van der Waals surface area contributed by atoms with Gasteiger partial charge in [-0.15, -0.1) is 0 Å².